The van der Waals surface area contributed by atoms with Crippen LogP contribution in [0.5, 0.6) is 0 Å². The summed E-state index contributed by atoms with van der Waals surface area (Å²) in [7, 11) is 2.52. The van der Waals surface area contributed by atoms with Gasteiger partial charge in [0, 0.05) is 0 Å². The lowest BCUT2D eigenvalue weighted by Crippen LogP contribution is -2.71. The van der Waals surface area contributed by atoms with Crippen molar-refractivity contribution in [3.8, 4) is 0 Å². The minimum Gasteiger partial charge on any atom is -0.467 e. The van der Waals surface area contributed by atoms with Gasteiger partial charge in [-0.1, -0.05) is 0 Å². The van der Waals surface area contributed by atoms with Crippen molar-refractivity contribution < 1.29 is 19.2 Å². The topological polar surface area (TPSA) is 81.9 Å². The molecule has 2 atom stereocenters. The zero-order valence-corrected chi connectivity index (χ0v) is 6.81. The van der Waals surface area contributed by atoms with Crippen molar-refractivity contribution in [2.24, 2.45) is 5.73 Å². The molecule has 1 heterocycles. The van der Waals surface area contributed by atoms with Gasteiger partial charge in [0.05, 0.1) is 14.2 Å². The molecule has 0 saturated carbocycles. The van der Waals surface area contributed by atoms with E-state index in [2.05, 4.69) is 9.57 Å². The van der Waals surface area contributed by atoms with Crippen LogP contribution in [0.15, 0.2) is 0 Å². The van der Waals surface area contributed by atoms with Gasteiger partial charge in [-0.3, -0.25) is 9.63 Å². The lowest BCUT2D eigenvalue weighted by atomic mass is 10.00. The Morgan fingerprint density at radius 1 is 1.58 bits per heavy atom. The molecule has 12 heavy (non-hydrogen) atoms. The molecule has 0 bridgehead atoms. The summed E-state index contributed by atoms with van der Waals surface area (Å²) in [6.45, 7) is 0. The number of ether oxygens (including phenoxy) is 1. The van der Waals surface area contributed by atoms with E-state index in [0.29, 0.717) is 0 Å². The first-order chi connectivity index (χ1) is 5.63. The van der Waals surface area contributed by atoms with Gasteiger partial charge >= 0.3 is 5.97 Å². The number of methoxy groups -OCH3 is 1. The Labute approximate surface area is 69.2 Å². The number of rotatable bonds is 2. The first-order valence-corrected chi connectivity index (χ1v) is 3.34. The fourth-order valence-corrected chi connectivity index (χ4v) is 1.05. The minimum absolute atomic E-state index is 0.409. The molecule has 6 nitrogen and oxygen atoms in total. The number of esters is 1. The Hall–Kier alpha value is -1.14. The van der Waals surface area contributed by atoms with Crippen molar-refractivity contribution in [1.82, 2.24) is 5.06 Å². The normalized spacial score (nSPS) is 28.2. The van der Waals surface area contributed by atoms with Crippen molar-refractivity contribution in [1.29, 1.82) is 0 Å². The smallest absolute Gasteiger partial charge is 0.333 e. The van der Waals surface area contributed by atoms with Gasteiger partial charge in [-0.15, -0.1) is 0 Å². The second-order valence-corrected chi connectivity index (χ2v) is 2.34. The summed E-state index contributed by atoms with van der Waals surface area (Å²) in [5, 5.41) is 0.899. The van der Waals surface area contributed by atoms with E-state index in [4.69, 9.17) is 5.73 Å². The van der Waals surface area contributed by atoms with Crippen LogP contribution in [-0.2, 0) is 19.2 Å². The zero-order valence-electron chi connectivity index (χ0n) is 6.81. The number of amides is 1. The summed E-state index contributed by atoms with van der Waals surface area (Å²) < 4.78 is 4.41. The van der Waals surface area contributed by atoms with Crippen LogP contribution >= 0.6 is 0 Å². The highest BCUT2D eigenvalue weighted by Gasteiger charge is 2.51. The van der Waals surface area contributed by atoms with Crippen LogP contribution < -0.4 is 5.73 Å². The van der Waals surface area contributed by atoms with E-state index in [0.717, 1.165) is 5.06 Å². The first kappa shape index (κ1) is 8.95. The molecule has 1 saturated heterocycles. The molecule has 0 aromatic rings. The fourth-order valence-electron chi connectivity index (χ4n) is 1.05. The highest BCUT2D eigenvalue weighted by atomic mass is 16.7. The lowest BCUT2D eigenvalue weighted by Gasteiger charge is -2.40. The second kappa shape index (κ2) is 3.08. The van der Waals surface area contributed by atoms with E-state index in [1.54, 1.807) is 0 Å². The van der Waals surface area contributed by atoms with Crippen LogP contribution in [-0.4, -0.2) is 43.2 Å². The third-order valence-electron chi connectivity index (χ3n) is 1.73. The van der Waals surface area contributed by atoms with Crippen molar-refractivity contribution >= 4 is 11.9 Å². The number of hydrogen-bond acceptors (Lipinski definition) is 5. The standard InChI is InChI=1S/C6H10N2O4/c1-11-6(10)4-3(7)5(9)8(4)12-2/h3-4H,7H2,1-2H3. The predicted octanol–water partition coefficient (Wildman–Crippen LogP) is -1.74. The summed E-state index contributed by atoms with van der Waals surface area (Å²) >= 11 is 0. The van der Waals surface area contributed by atoms with Crippen LogP contribution in [0.3, 0.4) is 0 Å². The Bertz CT molecular complexity index is 218. The third kappa shape index (κ3) is 1.05. The molecule has 0 radical (unpaired) electrons. The molecule has 1 aliphatic heterocycles. The summed E-state index contributed by atoms with van der Waals surface area (Å²) in [5.74, 6) is -0.975. The number of nitrogens with two attached hydrogens (primary N) is 1. The zero-order chi connectivity index (χ0) is 9.30. The number of hydroxylamine groups is 2. The number of carbonyl (C=O) groups excluding carboxylic acids is 2. The lowest BCUT2D eigenvalue weighted by molar-refractivity contribution is -0.225. The molecule has 2 unspecified atom stereocenters. The molecule has 1 amide bonds. The molecule has 68 valence electrons. The Morgan fingerprint density at radius 3 is 2.58 bits per heavy atom. The van der Waals surface area contributed by atoms with E-state index in [1.165, 1.54) is 14.2 Å². The maximum absolute atomic E-state index is 10.9. The van der Waals surface area contributed by atoms with Crippen LogP contribution in [0.4, 0.5) is 0 Å². The molecule has 0 aromatic heterocycles. The molecule has 1 aliphatic rings. The molecular weight excluding hydrogens is 164 g/mol. The third-order valence-corrected chi connectivity index (χ3v) is 1.73. The second-order valence-electron chi connectivity index (χ2n) is 2.34. The Kier molecular flexibility index (Phi) is 2.30. The number of nitrogens with zero attached hydrogens (tertiary/aromatic N) is 1. The van der Waals surface area contributed by atoms with Crippen LogP contribution in [0.25, 0.3) is 0 Å². The predicted molar refractivity (Wildman–Crippen MR) is 37.6 cm³/mol. The Morgan fingerprint density at radius 2 is 2.17 bits per heavy atom. The Balaban J connectivity index is 2.66. The molecule has 0 spiro atoms. The van der Waals surface area contributed by atoms with Gasteiger partial charge in [0.15, 0.2) is 6.04 Å². The number of carbonyl (C=O) groups is 2. The van der Waals surface area contributed by atoms with Crippen molar-refractivity contribution in [2.45, 2.75) is 12.1 Å². The van der Waals surface area contributed by atoms with Gasteiger partial charge in [0.2, 0.25) is 0 Å². The van der Waals surface area contributed by atoms with Gasteiger partial charge in [-0.05, 0) is 0 Å². The largest absolute Gasteiger partial charge is 0.467 e. The van der Waals surface area contributed by atoms with Gasteiger partial charge < -0.3 is 10.5 Å². The molecular formula is C6H10N2O4. The summed E-state index contributed by atoms with van der Waals surface area (Å²) in [6.07, 6.45) is 0. The van der Waals surface area contributed by atoms with Crippen molar-refractivity contribution in [3.05, 3.63) is 0 Å². The van der Waals surface area contributed by atoms with E-state index in [-0.39, 0.29) is 0 Å². The van der Waals surface area contributed by atoms with Gasteiger partial charge in [-0.25, -0.2) is 9.86 Å². The molecule has 1 rings (SSSR count). The molecule has 0 aromatic carbocycles. The fraction of sp³-hybridized carbons (Fsp3) is 0.667. The minimum atomic E-state index is -0.836. The van der Waals surface area contributed by atoms with Crippen molar-refractivity contribution in [2.75, 3.05) is 14.2 Å². The van der Waals surface area contributed by atoms with E-state index in [9.17, 15) is 9.59 Å². The average molecular weight is 174 g/mol. The van der Waals surface area contributed by atoms with E-state index >= 15 is 0 Å². The van der Waals surface area contributed by atoms with E-state index < -0.39 is 24.0 Å². The number of β-lactam (4-membered cyclic amide) rings is 1. The van der Waals surface area contributed by atoms with E-state index in [1.807, 2.05) is 0 Å². The van der Waals surface area contributed by atoms with Crippen LogP contribution in [0, 0.1) is 0 Å². The molecule has 6 heteroatoms. The monoisotopic (exact) mass is 174 g/mol. The van der Waals surface area contributed by atoms with Gasteiger partial charge in [0.25, 0.3) is 5.91 Å². The van der Waals surface area contributed by atoms with Gasteiger partial charge in [-0.2, -0.15) is 0 Å². The maximum Gasteiger partial charge on any atom is 0.333 e. The molecule has 2 N–H and O–H groups in total. The quantitative estimate of drug-likeness (QED) is 0.397. The average Bonchev–Trinajstić information content (AvgIpc) is 2.11. The summed E-state index contributed by atoms with van der Waals surface area (Å²) in [6, 6.07) is -1.63. The van der Waals surface area contributed by atoms with Crippen molar-refractivity contribution in [3.63, 3.8) is 0 Å². The van der Waals surface area contributed by atoms with Gasteiger partial charge in [0.1, 0.15) is 6.04 Å². The SMILES string of the molecule is COC(=O)C1C(N)C(=O)N1OC. The summed E-state index contributed by atoms with van der Waals surface area (Å²) in [4.78, 5) is 26.4. The highest BCUT2D eigenvalue weighted by molar-refractivity contribution is 5.98. The first-order valence-electron chi connectivity index (χ1n) is 3.34. The molecule has 0 aliphatic carbocycles. The highest BCUT2D eigenvalue weighted by Crippen LogP contribution is 2.18. The van der Waals surface area contributed by atoms with Crippen LogP contribution in [0.2, 0.25) is 0 Å². The van der Waals surface area contributed by atoms with Crippen LogP contribution in [0.1, 0.15) is 0 Å². The molecule has 1 fully saturated rings. The number of hydrogen-bond donors (Lipinski definition) is 1. The maximum atomic E-state index is 10.9. The summed E-state index contributed by atoms with van der Waals surface area (Å²) in [5.41, 5.74) is 5.34.